The van der Waals surface area contributed by atoms with Gasteiger partial charge in [0.25, 0.3) is 0 Å². The van der Waals surface area contributed by atoms with Gasteiger partial charge >= 0.3 is 0 Å². The summed E-state index contributed by atoms with van der Waals surface area (Å²) in [4.78, 5) is 5.21. The number of nitrogens with two attached hydrogens (primary N) is 1. The van der Waals surface area contributed by atoms with E-state index in [4.69, 9.17) is 5.73 Å². The van der Waals surface area contributed by atoms with Gasteiger partial charge in [-0.25, -0.2) is 0 Å². The monoisotopic (exact) mass is 225 g/mol. The average Bonchev–Trinajstić information content (AvgIpc) is 2.58. The van der Waals surface area contributed by atoms with Gasteiger partial charge in [-0.05, 0) is 40.2 Å². The van der Waals surface area contributed by atoms with Crippen LogP contribution < -0.4 is 5.73 Å². The Hall–Kier alpha value is -0.120. The van der Waals surface area contributed by atoms with Gasteiger partial charge in [0.1, 0.15) is 0 Å². The van der Waals surface area contributed by atoms with E-state index >= 15 is 0 Å². The second-order valence-corrected chi connectivity index (χ2v) is 5.79. The van der Waals surface area contributed by atoms with Crippen LogP contribution in [0.25, 0.3) is 0 Å². The Morgan fingerprint density at radius 3 is 2.50 bits per heavy atom. The molecule has 2 aliphatic heterocycles. The van der Waals surface area contributed by atoms with E-state index in [1.807, 2.05) is 0 Å². The van der Waals surface area contributed by atoms with Crippen LogP contribution in [0.3, 0.4) is 0 Å². The summed E-state index contributed by atoms with van der Waals surface area (Å²) in [5.74, 6) is 0. The SMILES string of the molecule is CC1CC(N2C(C)CCCC2CN)CN1C. The van der Waals surface area contributed by atoms with Crippen LogP contribution in [0.2, 0.25) is 0 Å². The zero-order chi connectivity index (χ0) is 11.7. The van der Waals surface area contributed by atoms with Gasteiger partial charge in [-0.2, -0.15) is 0 Å². The third kappa shape index (κ3) is 2.27. The molecule has 0 spiro atoms. The summed E-state index contributed by atoms with van der Waals surface area (Å²) in [6, 6.07) is 2.83. The molecular formula is C13H27N3. The van der Waals surface area contributed by atoms with Crippen molar-refractivity contribution in [3.8, 4) is 0 Å². The zero-order valence-corrected chi connectivity index (χ0v) is 11.0. The lowest BCUT2D eigenvalue weighted by molar-refractivity contribution is 0.0541. The Labute approximate surface area is 100.0 Å². The molecule has 0 aliphatic carbocycles. The summed E-state index contributed by atoms with van der Waals surface area (Å²) in [6.45, 7) is 6.78. The minimum absolute atomic E-state index is 0.632. The molecule has 2 fully saturated rings. The molecule has 2 aliphatic rings. The average molecular weight is 225 g/mol. The van der Waals surface area contributed by atoms with Crippen molar-refractivity contribution in [3.63, 3.8) is 0 Å². The molecule has 0 saturated carbocycles. The van der Waals surface area contributed by atoms with Crippen LogP contribution in [-0.4, -0.2) is 54.1 Å². The normalized spacial score (nSPS) is 42.8. The minimum Gasteiger partial charge on any atom is -0.329 e. The molecule has 2 N–H and O–H groups in total. The summed E-state index contributed by atoms with van der Waals surface area (Å²) in [6.07, 6.45) is 5.33. The molecule has 0 bridgehead atoms. The highest BCUT2D eigenvalue weighted by molar-refractivity contribution is 4.94. The van der Waals surface area contributed by atoms with Crippen molar-refractivity contribution < 1.29 is 0 Å². The maximum Gasteiger partial charge on any atom is 0.0244 e. The fourth-order valence-corrected chi connectivity index (χ4v) is 3.58. The number of hydrogen-bond acceptors (Lipinski definition) is 3. The summed E-state index contributed by atoms with van der Waals surface area (Å²) in [5, 5.41) is 0. The fourth-order valence-electron chi connectivity index (χ4n) is 3.58. The lowest BCUT2D eigenvalue weighted by Crippen LogP contribution is -2.54. The van der Waals surface area contributed by atoms with Gasteiger partial charge < -0.3 is 10.6 Å². The van der Waals surface area contributed by atoms with Gasteiger partial charge in [0, 0.05) is 37.3 Å². The summed E-state index contributed by atoms with van der Waals surface area (Å²) < 4.78 is 0. The molecule has 2 heterocycles. The van der Waals surface area contributed by atoms with Gasteiger partial charge in [0.2, 0.25) is 0 Å². The Morgan fingerprint density at radius 1 is 1.19 bits per heavy atom. The molecule has 2 saturated heterocycles. The van der Waals surface area contributed by atoms with E-state index < -0.39 is 0 Å². The Kier molecular flexibility index (Phi) is 3.88. The number of likely N-dealkylation sites (N-methyl/N-ethyl adjacent to an activating group) is 1. The Bertz CT molecular complexity index is 221. The Balaban J connectivity index is 2.05. The molecular weight excluding hydrogens is 198 g/mol. The first-order chi connectivity index (χ1) is 7.63. The summed E-state index contributed by atoms with van der Waals surface area (Å²) in [5.41, 5.74) is 5.94. The van der Waals surface area contributed by atoms with Crippen molar-refractivity contribution in [3.05, 3.63) is 0 Å². The van der Waals surface area contributed by atoms with E-state index in [0.29, 0.717) is 6.04 Å². The second kappa shape index (κ2) is 5.03. The lowest BCUT2D eigenvalue weighted by atomic mass is 9.93. The third-order valence-corrected chi connectivity index (χ3v) is 4.65. The van der Waals surface area contributed by atoms with Crippen LogP contribution >= 0.6 is 0 Å². The van der Waals surface area contributed by atoms with E-state index in [2.05, 4.69) is 30.7 Å². The Morgan fingerprint density at radius 2 is 1.94 bits per heavy atom. The highest BCUT2D eigenvalue weighted by Crippen LogP contribution is 2.30. The maximum absolute atomic E-state index is 5.94. The van der Waals surface area contributed by atoms with Crippen molar-refractivity contribution in [2.45, 2.75) is 63.7 Å². The lowest BCUT2D eigenvalue weighted by Gasteiger charge is -2.44. The molecule has 0 aromatic heterocycles. The van der Waals surface area contributed by atoms with E-state index in [1.54, 1.807) is 0 Å². The first-order valence-electron chi connectivity index (χ1n) is 6.81. The number of rotatable bonds is 2. The highest BCUT2D eigenvalue weighted by Gasteiger charge is 2.37. The van der Waals surface area contributed by atoms with Gasteiger partial charge in [-0.3, -0.25) is 4.90 Å². The summed E-state index contributed by atoms with van der Waals surface area (Å²) >= 11 is 0. The van der Waals surface area contributed by atoms with Gasteiger partial charge in [-0.15, -0.1) is 0 Å². The first-order valence-corrected chi connectivity index (χ1v) is 6.81. The molecule has 0 aromatic rings. The minimum atomic E-state index is 0.632. The molecule has 4 unspecified atom stereocenters. The van der Waals surface area contributed by atoms with Crippen LogP contribution in [0.1, 0.15) is 39.5 Å². The van der Waals surface area contributed by atoms with E-state index in [9.17, 15) is 0 Å². The fraction of sp³-hybridized carbons (Fsp3) is 1.00. The highest BCUT2D eigenvalue weighted by atomic mass is 15.3. The second-order valence-electron chi connectivity index (χ2n) is 5.79. The maximum atomic E-state index is 5.94. The van der Waals surface area contributed by atoms with Crippen LogP contribution in [0, 0.1) is 0 Å². The van der Waals surface area contributed by atoms with Crippen molar-refractivity contribution in [1.82, 2.24) is 9.80 Å². The molecule has 2 rings (SSSR count). The smallest absolute Gasteiger partial charge is 0.0244 e. The number of nitrogens with zero attached hydrogens (tertiary/aromatic N) is 2. The zero-order valence-electron chi connectivity index (χ0n) is 11.0. The molecule has 4 atom stereocenters. The molecule has 0 aromatic carbocycles. The van der Waals surface area contributed by atoms with Crippen LogP contribution in [0.4, 0.5) is 0 Å². The predicted molar refractivity (Wildman–Crippen MR) is 68.5 cm³/mol. The largest absolute Gasteiger partial charge is 0.329 e. The van der Waals surface area contributed by atoms with Crippen molar-refractivity contribution in [1.29, 1.82) is 0 Å². The van der Waals surface area contributed by atoms with Crippen LogP contribution in [0.5, 0.6) is 0 Å². The molecule has 0 amide bonds. The number of likely N-dealkylation sites (tertiary alicyclic amines) is 2. The van der Waals surface area contributed by atoms with Gasteiger partial charge in [0.15, 0.2) is 0 Å². The predicted octanol–water partition coefficient (Wildman–Crippen LogP) is 1.28. The molecule has 3 nitrogen and oxygen atoms in total. The molecule has 94 valence electrons. The third-order valence-electron chi connectivity index (χ3n) is 4.65. The first kappa shape index (κ1) is 12.3. The van der Waals surface area contributed by atoms with Gasteiger partial charge in [-0.1, -0.05) is 6.42 Å². The summed E-state index contributed by atoms with van der Waals surface area (Å²) in [7, 11) is 2.25. The number of piperidine rings is 1. The molecule has 16 heavy (non-hydrogen) atoms. The van der Waals surface area contributed by atoms with Crippen molar-refractivity contribution >= 4 is 0 Å². The van der Waals surface area contributed by atoms with E-state index in [-0.39, 0.29) is 0 Å². The van der Waals surface area contributed by atoms with E-state index in [0.717, 1.165) is 24.7 Å². The number of hydrogen-bond donors (Lipinski definition) is 1. The van der Waals surface area contributed by atoms with Gasteiger partial charge in [0.05, 0.1) is 0 Å². The molecule has 3 heteroatoms. The van der Waals surface area contributed by atoms with Crippen LogP contribution in [0.15, 0.2) is 0 Å². The van der Waals surface area contributed by atoms with E-state index in [1.165, 1.54) is 32.2 Å². The quantitative estimate of drug-likeness (QED) is 0.768. The van der Waals surface area contributed by atoms with Crippen molar-refractivity contribution in [2.24, 2.45) is 5.73 Å². The topological polar surface area (TPSA) is 32.5 Å². The molecule has 0 radical (unpaired) electrons. The standard InChI is InChI=1S/C13H27N3/c1-10-5-4-6-12(8-14)16(10)13-7-11(2)15(3)9-13/h10-13H,4-9,14H2,1-3H3. The van der Waals surface area contributed by atoms with Crippen molar-refractivity contribution in [2.75, 3.05) is 20.1 Å². The van der Waals surface area contributed by atoms with Crippen LogP contribution in [-0.2, 0) is 0 Å².